The molecule has 29 heavy (non-hydrogen) atoms. The Bertz CT molecular complexity index is 1070. The minimum atomic E-state index is -0.438. The van der Waals surface area contributed by atoms with Crippen molar-refractivity contribution in [2.75, 3.05) is 7.11 Å². The van der Waals surface area contributed by atoms with E-state index in [0.717, 1.165) is 3.97 Å². The van der Waals surface area contributed by atoms with Gasteiger partial charge in [0.2, 0.25) is 0 Å². The maximum Gasteiger partial charge on any atom is 0.348 e. The maximum atomic E-state index is 13.4. The van der Waals surface area contributed by atoms with Crippen molar-refractivity contribution in [3.63, 3.8) is 0 Å². The van der Waals surface area contributed by atoms with Crippen molar-refractivity contribution < 1.29 is 18.2 Å². The topological polar surface area (TPSA) is 86.1 Å². The predicted molar refractivity (Wildman–Crippen MR) is 113 cm³/mol. The summed E-state index contributed by atoms with van der Waals surface area (Å²) < 4.78 is 19.3. The number of hydrogen-bond donors (Lipinski definition) is 1. The van der Waals surface area contributed by atoms with Gasteiger partial charge in [-0.25, -0.2) is 18.7 Å². The van der Waals surface area contributed by atoms with Gasteiger partial charge in [-0.1, -0.05) is 20.8 Å². The van der Waals surface area contributed by atoms with Gasteiger partial charge >= 0.3 is 5.97 Å². The SMILES string of the molecule is COC(=O)c1ccc(-c2cnc3c(n2)c(C(=O)NC(C)C(C)(C)C)cn3SF)s1. The largest absolute Gasteiger partial charge is 0.465 e. The Labute approximate surface area is 176 Å². The van der Waals surface area contributed by atoms with E-state index in [-0.39, 0.29) is 40.9 Å². The second-order valence-electron chi connectivity index (χ2n) is 7.58. The highest BCUT2D eigenvalue weighted by Gasteiger charge is 2.25. The van der Waals surface area contributed by atoms with E-state index in [0.29, 0.717) is 21.0 Å². The first kappa shape index (κ1) is 21.3. The molecule has 0 bridgehead atoms. The zero-order valence-electron chi connectivity index (χ0n) is 16.6. The average molecular weight is 437 g/mol. The molecule has 0 fully saturated rings. The number of esters is 1. The van der Waals surface area contributed by atoms with Crippen LogP contribution in [0.25, 0.3) is 21.7 Å². The van der Waals surface area contributed by atoms with Crippen LogP contribution in [0.4, 0.5) is 3.89 Å². The second kappa shape index (κ2) is 8.11. The molecular formula is C19H21FN4O3S2. The van der Waals surface area contributed by atoms with Crippen molar-refractivity contribution >= 4 is 46.7 Å². The van der Waals surface area contributed by atoms with Gasteiger partial charge in [0, 0.05) is 12.2 Å². The lowest BCUT2D eigenvalue weighted by Gasteiger charge is -2.27. The third-order valence-corrected chi connectivity index (χ3v) is 6.19. The number of hydrogen-bond acceptors (Lipinski definition) is 7. The minimum Gasteiger partial charge on any atom is -0.465 e. The Morgan fingerprint density at radius 3 is 2.69 bits per heavy atom. The Morgan fingerprint density at radius 1 is 1.34 bits per heavy atom. The fraction of sp³-hybridized carbons (Fsp3) is 0.368. The number of carbonyl (C=O) groups excluding carboxylic acids is 2. The Kier molecular flexibility index (Phi) is 5.95. The van der Waals surface area contributed by atoms with Crippen LogP contribution in [0.3, 0.4) is 0 Å². The molecule has 0 aliphatic rings. The number of aromatic nitrogens is 3. The summed E-state index contributed by atoms with van der Waals surface area (Å²) in [7, 11) is 1.31. The molecule has 7 nitrogen and oxygen atoms in total. The van der Waals surface area contributed by atoms with Gasteiger partial charge in [0.05, 0.1) is 29.4 Å². The molecule has 10 heteroatoms. The third kappa shape index (κ3) is 4.27. The molecule has 0 radical (unpaired) electrons. The quantitative estimate of drug-likeness (QED) is 0.593. The van der Waals surface area contributed by atoms with Gasteiger partial charge in [-0.2, -0.15) is 0 Å². The van der Waals surface area contributed by atoms with Gasteiger partial charge in [0.15, 0.2) is 18.0 Å². The predicted octanol–water partition coefficient (Wildman–Crippen LogP) is 4.49. The zero-order valence-corrected chi connectivity index (χ0v) is 18.3. The molecule has 0 aliphatic heterocycles. The molecule has 0 spiro atoms. The van der Waals surface area contributed by atoms with Crippen molar-refractivity contribution in [3.8, 4) is 10.6 Å². The van der Waals surface area contributed by atoms with Crippen molar-refractivity contribution in [1.29, 1.82) is 0 Å². The number of fused-ring (bicyclic) bond motifs is 1. The third-order valence-electron chi connectivity index (χ3n) is 4.67. The van der Waals surface area contributed by atoms with Gasteiger partial charge in [-0.05, 0) is 24.5 Å². The standard InChI is InChI=1S/C19H21FN4O3S2/c1-10(19(2,3)4)22-17(25)11-9-24(29-20)16-15(11)23-12(8-21-16)13-6-7-14(28-13)18(26)27-5/h6-10H,1-5H3,(H,22,25). The average Bonchev–Trinajstić information content (AvgIpc) is 3.31. The van der Waals surface area contributed by atoms with Gasteiger partial charge in [0.1, 0.15) is 10.4 Å². The highest BCUT2D eigenvalue weighted by atomic mass is 32.2. The number of ether oxygens (including phenoxy) is 1. The maximum absolute atomic E-state index is 13.4. The van der Waals surface area contributed by atoms with Crippen LogP contribution in [0.15, 0.2) is 24.5 Å². The van der Waals surface area contributed by atoms with Crippen LogP contribution in [-0.2, 0) is 4.74 Å². The highest BCUT2D eigenvalue weighted by molar-refractivity contribution is 7.92. The molecule has 0 aromatic carbocycles. The van der Waals surface area contributed by atoms with Crippen molar-refractivity contribution in [3.05, 3.63) is 35.0 Å². The van der Waals surface area contributed by atoms with Crippen LogP contribution in [-0.4, -0.2) is 39.0 Å². The summed E-state index contributed by atoms with van der Waals surface area (Å²) in [5.41, 5.74) is 1.12. The number of halogens is 1. The molecule has 3 heterocycles. The van der Waals surface area contributed by atoms with Gasteiger partial charge in [-0.3, -0.25) is 4.79 Å². The van der Waals surface area contributed by atoms with Crippen LogP contribution in [0.1, 0.15) is 47.7 Å². The molecule has 0 saturated carbocycles. The van der Waals surface area contributed by atoms with E-state index in [9.17, 15) is 13.5 Å². The summed E-state index contributed by atoms with van der Waals surface area (Å²) in [4.78, 5) is 34.5. The monoisotopic (exact) mass is 436 g/mol. The Balaban J connectivity index is 2.03. The van der Waals surface area contributed by atoms with Gasteiger partial charge in [-0.15, -0.1) is 15.2 Å². The smallest absolute Gasteiger partial charge is 0.348 e. The fourth-order valence-electron chi connectivity index (χ4n) is 2.48. The van der Waals surface area contributed by atoms with E-state index < -0.39 is 5.97 Å². The van der Waals surface area contributed by atoms with Crippen LogP contribution in [0.2, 0.25) is 0 Å². The van der Waals surface area contributed by atoms with E-state index >= 15 is 0 Å². The molecular weight excluding hydrogens is 415 g/mol. The summed E-state index contributed by atoms with van der Waals surface area (Å²) >= 11 is 1.15. The van der Waals surface area contributed by atoms with E-state index in [1.807, 2.05) is 27.7 Å². The molecule has 1 atom stereocenters. The number of rotatable bonds is 5. The van der Waals surface area contributed by atoms with E-state index in [2.05, 4.69) is 15.3 Å². The molecule has 3 aromatic rings. The number of nitrogens with one attached hydrogen (secondary N) is 1. The normalized spacial score (nSPS) is 12.8. The van der Waals surface area contributed by atoms with E-state index in [4.69, 9.17) is 4.74 Å². The van der Waals surface area contributed by atoms with Crippen LogP contribution >= 0.6 is 23.7 Å². The number of nitrogens with zero attached hydrogens (tertiary/aromatic N) is 3. The lowest BCUT2D eigenvalue weighted by atomic mass is 9.88. The van der Waals surface area contributed by atoms with Crippen molar-refractivity contribution in [1.82, 2.24) is 19.3 Å². The highest BCUT2D eigenvalue weighted by Crippen LogP contribution is 2.30. The summed E-state index contributed by atoms with van der Waals surface area (Å²) in [5.74, 6) is -0.787. The van der Waals surface area contributed by atoms with Gasteiger partial charge in [0.25, 0.3) is 5.91 Å². The number of amides is 1. The molecule has 3 rings (SSSR count). The molecule has 154 valence electrons. The van der Waals surface area contributed by atoms with Gasteiger partial charge < -0.3 is 10.1 Å². The Hall–Kier alpha value is -2.46. The zero-order chi connectivity index (χ0) is 21.3. The molecule has 3 aromatic heterocycles. The Morgan fingerprint density at radius 2 is 2.07 bits per heavy atom. The first-order valence-electron chi connectivity index (χ1n) is 8.82. The van der Waals surface area contributed by atoms with Crippen LogP contribution < -0.4 is 5.32 Å². The summed E-state index contributed by atoms with van der Waals surface area (Å²) in [6.45, 7) is 7.97. The first-order valence-corrected chi connectivity index (χ1v) is 10.3. The minimum absolute atomic E-state index is 0.0508. The molecule has 1 amide bonds. The first-order chi connectivity index (χ1) is 13.7. The lowest BCUT2D eigenvalue weighted by molar-refractivity contribution is 0.0606. The number of thiophene rings is 1. The lowest BCUT2D eigenvalue weighted by Crippen LogP contribution is -2.41. The van der Waals surface area contributed by atoms with Crippen LogP contribution in [0.5, 0.6) is 0 Å². The number of methoxy groups -OCH3 is 1. The van der Waals surface area contributed by atoms with Crippen LogP contribution in [0, 0.1) is 5.41 Å². The van der Waals surface area contributed by atoms with E-state index in [1.54, 1.807) is 12.1 Å². The van der Waals surface area contributed by atoms with Crippen molar-refractivity contribution in [2.24, 2.45) is 5.41 Å². The van der Waals surface area contributed by atoms with Crippen molar-refractivity contribution in [2.45, 2.75) is 33.7 Å². The van der Waals surface area contributed by atoms with E-state index in [1.165, 1.54) is 30.8 Å². The molecule has 0 aliphatic carbocycles. The number of carbonyl (C=O) groups is 2. The fourth-order valence-corrected chi connectivity index (χ4v) is 3.70. The second-order valence-corrected chi connectivity index (χ2v) is 9.20. The molecule has 1 unspecified atom stereocenters. The summed E-state index contributed by atoms with van der Waals surface area (Å²) in [5, 5.41) is 2.94. The molecule has 0 saturated heterocycles. The molecule has 1 N–H and O–H groups in total. The summed E-state index contributed by atoms with van der Waals surface area (Å²) in [6, 6.07) is 3.26. The summed E-state index contributed by atoms with van der Waals surface area (Å²) in [6.07, 6.45) is 2.87.